The van der Waals surface area contributed by atoms with Crippen LogP contribution in [-0.4, -0.2) is 25.8 Å². The molecular formula is C15H20BrNO2S. The fourth-order valence-electron chi connectivity index (χ4n) is 3.54. The number of nitrogens with zero attached hydrogens (tertiary/aromatic N) is 1. The molecule has 5 heteroatoms. The van der Waals surface area contributed by atoms with Crippen LogP contribution in [0.4, 0.5) is 0 Å². The lowest BCUT2D eigenvalue weighted by Crippen LogP contribution is -2.44. The quantitative estimate of drug-likeness (QED) is 0.809. The molecule has 0 aromatic heterocycles. The fourth-order valence-corrected chi connectivity index (χ4v) is 5.32. The highest BCUT2D eigenvalue weighted by molar-refractivity contribution is 9.10. The molecule has 3 nitrogen and oxygen atoms in total. The summed E-state index contributed by atoms with van der Waals surface area (Å²) in [5.74, 6) is 1.32. The minimum Gasteiger partial charge on any atom is -0.207 e. The molecule has 2 fully saturated rings. The van der Waals surface area contributed by atoms with Crippen LogP contribution >= 0.6 is 15.9 Å². The molecular weight excluding hydrogens is 338 g/mol. The predicted octanol–water partition coefficient (Wildman–Crippen LogP) is 3.65. The summed E-state index contributed by atoms with van der Waals surface area (Å²) in [6.07, 6.45) is 6.09. The Labute approximate surface area is 129 Å². The third-order valence-corrected chi connectivity index (χ3v) is 7.11. The van der Waals surface area contributed by atoms with Crippen LogP contribution in [0.1, 0.15) is 32.1 Å². The lowest BCUT2D eigenvalue weighted by atomic mass is 9.76. The first-order chi connectivity index (χ1) is 9.57. The average molecular weight is 358 g/mol. The van der Waals surface area contributed by atoms with Gasteiger partial charge in [-0.15, -0.1) is 0 Å². The van der Waals surface area contributed by atoms with E-state index in [1.165, 1.54) is 25.7 Å². The Kier molecular flexibility index (Phi) is 4.20. The maximum atomic E-state index is 12.7. The normalized spacial score (nSPS) is 28.1. The third-order valence-electron chi connectivity index (χ3n) is 4.71. The number of rotatable bonds is 2. The largest absolute Gasteiger partial charge is 0.243 e. The summed E-state index contributed by atoms with van der Waals surface area (Å²) < 4.78 is 28.0. The Balaban J connectivity index is 1.79. The first kappa shape index (κ1) is 14.5. The van der Waals surface area contributed by atoms with Gasteiger partial charge in [0.1, 0.15) is 0 Å². The van der Waals surface area contributed by atoms with E-state index in [0.29, 0.717) is 23.9 Å². The van der Waals surface area contributed by atoms with E-state index in [1.54, 1.807) is 28.6 Å². The lowest BCUT2D eigenvalue weighted by molar-refractivity contribution is 0.136. The zero-order valence-corrected chi connectivity index (χ0v) is 13.9. The second-order valence-corrected chi connectivity index (χ2v) is 8.76. The summed E-state index contributed by atoms with van der Waals surface area (Å²) >= 11 is 3.35. The summed E-state index contributed by atoms with van der Waals surface area (Å²) in [5, 5.41) is 0. The summed E-state index contributed by atoms with van der Waals surface area (Å²) in [6.45, 7) is 1.39. The van der Waals surface area contributed by atoms with Crippen LogP contribution in [0, 0.1) is 11.8 Å². The molecule has 1 saturated heterocycles. The van der Waals surface area contributed by atoms with Crippen molar-refractivity contribution in [2.24, 2.45) is 11.8 Å². The van der Waals surface area contributed by atoms with Crippen LogP contribution in [0.15, 0.2) is 33.6 Å². The summed E-state index contributed by atoms with van der Waals surface area (Å²) in [6, 6.07) is 6.96. The van der Waals surface area contributed by atoms with Crippen molar-refractivity contribution in [3.63, 3.8) is 0 Å². The van der Waals surface area contributed by atoms with Crippen molar-refractivity contribution in [1.29, 1.82) is 0 Å². The van der Waals surface area contributed by atoms with Gasteiger partial charge in [0.15, 0.2) is 0 Å². The Morgan fingerprint density at radius 2 is 1.65 bits per heavy atom. The zero-order chi connectivity index (χ0) is 14.2. The molecule has 0 N–H and O–H groups in total. The number of piperidine rings is 1. The Bertz CT molecular complexity index is 570. The summed E-state index contributed by atoms with van der Waals surface area (Å²) in [4.78, 5) is 0.412. The molecule has 110 valence electrons. The van der Waals surface area contributed by atoms with Crippen molar-refractivity contribution in [3.05, 3.63) is 28.7 Å². The van der Waals surface area contributed by atoms with Crippen molar-refractivity contribution in [3.8, 4) is 0 Å². The molecule has 20 heavy (non-hydrogen) atoms. The third kappa shape index (κ3) is 2.81. The monoisotopic (exact) mass is 357 g/mol. The molecule has 0 bridgehead atoms. The number of hydrogen-bond donors (Lipinski definition) is 0. The molecule has 1 aliphatic carbocycles. The van der Waals surface area contributed by atoms with Gasteiger partial charge in [-0.2, -0.15) is 4.31 Å². The molecule has 1 aromatic carbocycles. The number of benzene rings is 1. The van der Waals surface area contributed by atoms with Gasteiger partial charge in [0.2, 0.25) is 10.0 Å². The van der Waals surface area contributed by atoms with E-state index >= 15 is 0 Å². The molecule has 1 aliphatic heterocycles. The van der Waals surface area contributed by atoms with Gasteiger partial charge in [-0.1, -0.05) is 35.2 Å². The molecule has 1 heterocycles. The van der Waals surface area contributed by atoms with Crippen LogP contribution in [0.2, 0.25) is 0 Å². The van der Waals surface area contributed by atoms with Crippen LogP contribution in [0.3, 0.4) is 0 Å². The molecule has 0 amide bonds. The molecule has 2 aliphatic rings. The molecule has 1 saturated carbocycles. The second kappa shape index (κ2) is 5.78. The minimum absolute atomic E-state index is 0.412. The zero-order valence-electron chi connectivity index (χ0n) is 11.5. The van der Waals surface area contributed by atoms with E-state index < -0.39 is 10.0 Å². The number of hydrogen-bond acceptors (Lipinski definition) is 2. The molecule has 0 unspecified atom stereocenters. The van der Waals surface area contributed by atoms with Crippen LogP contribution < -0.4 is 0 Å². The van der Waals surface area contributed by atoms with Crippen molar-refractivity contribution in [1.82, 2.24) is 4.31 Å². The maximum Gasteiger partial charge on any atom is 0.243 e. The van der Waals surface area contributed by atoms with E-state index in [4.69, 9.17) is 0 Å². The second-order valence-electron chi connectivity index (χ2n) is 5.91. The Morgan fingerprint density at radius 3 is 2.35 bits per heavy atom. The van der Waals surface area contributed by atoms with Crippen LogP contribution in [0.25, 0.3) is 0 Å². The number of halogens is 1. The van der Waals surface area contributed by atoms with Gasteiger partial charge in [-0.3, -0.25) is 0 Å². The molecule has 3 rings (SSSR count). The van der Waals surface area contributed by atoms with E-state index in [9.17, 15) is 8.42 Å². The summed E-state index contributed by atoms with van der Waals surface area (Å²) in [5.41, 5.74) is 0. The topological polar surface area (TPSA) is 37.4 Å². The van der Waals surface area contributed by atoms with Gasteiger partial charge >= 0.3 is 0 Å². The van der Waals surface area contributed by atoms with Gasteiger partial charge < -0.3 is 0 Å². The first-order valence-corrected chi connectivity index (χ1v) is 9.56. The van der Waals surface area contributed by atoms with Gasteiger partial charge in [0.05, 0.1) is 4.90 Å². The van der Waals surface area contributed by atoms with Crippen molar-refractivity contribution in [2.75, 3.05) is 13.1 Å². The predicted molar refractivity (Wildman–Crippen MR) is 83.0 cm³/mol. The van der Waals surface area contributed by atoms with Gasteiger partial charge in [0, 0.05) is 17.6 Å². The van der Waals surface area contributed by atoms with E-state index in [2.05, 4.69) is 15.9 Å². The van der Waals surface area contributed by atoms with E-state index in [-0.39, 0.29) is 0 Å². The first-order valence-electron chi connectivity index (χ1n) is 7.33. The molecule has 2 atom stereocenters. The van der Waals surface area contributed by atoms with Crippen LogP contribution in [-0.2, 0) is 10.0 Å². The minimum atomic E-state index is -3.32. The van der Waals surface area contributed by atoms with Gasteiger partial charge in [0.25, 0.3) is 0 Å². The fraction of sp³-hybridized carbons (Fsp3) is 0.600. The summed E-state index contributed by atoms with van der Waals surface area (Å²) in [7, 11) is -3.32. The SMILES string of the molecule is O=S(=O)(c1ccc(Br)cc1)N1CC[C@@H]2CCCC[C@@H]2C1. The Hall–Kier alpha value is -0.390. The molecule has 1 aromatic rings. The molecule has 0 radical (unpaired) electrons. The number of fused-ring (bicyclic) bond motifs is 1. The van der Waals surface area contributed by atoms with E-state index in [0.717, 1.165) is 16.8 Å². The highest BCUT2D eigenvalue weighted by Gasteiger charge is 2.36. The average Bonchev–Trinajstić information content (AvgIpc) is 2.47. The number of sulfonamides is 1. The maximum absolute atomic E-state index is 12.7. The highest BCUT2D eigenvalue weighted by atomic mass is 79.9. The standard InChI is InChI=1S/C15H20BrNO2S/c16-14-5-7-15(8-6-14)20(18,19)17-10-9-12-3-1-2-4-13(12)11-17/h5-8,12-13H,1-4,9-11H2/t12-,13+/m0/s1. The highest BCUT2D eigenvalue weighted by Crippen LogP contribution is 2.37. The van der Waals surface area contributed by atoms with E-state index in [1.807, 2.05) is 0 Å². The Morgan fingerprint density at radius 1 is 1.00 bits per heavy atom. The molecule has 0 spiro atoms. The lowest BCUT2D eigenvalue weighted by Gasteiger charge is -2.40. The van der Waals surface area contributed by atoms with Crippen molar-refractivity contribution < 1.29 is 8.42 Å². The van der Waals surface area contributed by atoms with Crippen LogP contribution in [0.5, 0.6) is 0 Å². The van der Waals surface area contributed by atoms with Gasteiger partial charge in [-0.05, 0) is 48.9 Å². The van der Waals surface area contributed by atoms with Gasteiger partial charge in [-0.25, -0.2) is 8.42 Å². The van der Waals surface area contributed by atoms with Crippen molar-refractivity contribution in [2.45, 2.75) is 37.0 Å². The smallest absolute Gasteiger partial charge is 0.207 e. The van der Waals surface area contributed by atoms with Crippen molar-refractivity contribution >= 4 is 26.0 Å².